The topological polar surface area (TPSA) is 46.8 Å². The number of imidazole rings is 1. The van der Waals surface area contributed by atoms with Gasteiger partial charge in [-0.25, -0.2) is 4.98 Å². The molecule has 1 aliphatic rings. The molecular weight excluding hydrogens is 242 g/mol. The number of esters is 1. The maximum absolute atomic E-state index is 11.7. The van der Waals surface area contributed by atoms with Gasteiger partial charge in [-0.2, -0.15) is 0 Å². The molecule has 3 heterocycles. The summed E-state index contributed by atoms with van der Waals surface area (Å²) in [6, 6.07) is 6.02. The molecule has 1 saturated heterocycles. The minimum Gasteiger partial charge on any atom is -0.469 e. The molecule has 19 heavy (non-hydrogen) atoms. The number of anilines is 1. The summed E-state index contributed by atoms with van der Waals surface area (Å²) in [5, 5.41) is 0. The Kier molecular flexibility index (Phi) is 2.89. The molecule has 1 fully saturated rings. The van der Waals surface area contributed by atoms with Crippen LogP contribution in [0.3, 0.4) is 0 Å². The Morgan fingerprint density at radius 2 is 2.26 bits per heavy atom. The van der Waals surface area contributed by atoms with E-state index in [1.165, 1.54) is 7.11 Å². The predicted molar refractivity (Wildman–Crippen MR) is 72.1 cm³/mol. The molecular formula is C14H17N3O2. The predicted octanol–water partition coefficient (Wildman–Crippen LogP) is 1.58. The van der Waals surface area contributed by atoms with Gasteiger partial charge >= 0.3 is 5.97 Å². The molecule has 0 radical (unpaired) electrons. The lowest BCUT2D eigenvalue weighted by Crippen LogP contribution is -2.25. The van der Waals surface area contributed by atoms with Gasteiger partial charge in [-0.15, -0.1) is 0 Å². The van der Waals surface area contributed by atoms with E-state index in [2.05, 4.69) is 22.9 Å². The average molecular weight is 259 g/mol. The highest BCUT2D eigenvalue weighted by molar-refractivity contribution is 5.74. The van der Waals surface area contributed by atoms with E-state index in [9.17, 15) is 4.79 Å². The largest absolute Gasteiger partial charge is 0.469 e. The lowest BCUT2D eigenvalue weighted by Gasteiger charge is -2.19. The second kappa shape index (κ2) is 4.57. The van der Waals surface area contributed by atoms with Crippen molar-refractivity contribution in [2.75, 3.05) is 25.1 Å². The van der Waals surface area contributed by atoms with E-state index in [0.29, 0.717) is 12.5 Å². The van der Waals surface area contributed by atoms with Gasteiger partial charge in [0.05, 0.1) is 13.0 Å². The van der Waals surface area contributed by atoms with E-state index in [0.717, 1.165) is 18.0 Å². The van der Waals surface area contributed by atoms with Crippen LogP contribution < -0.4 is 4.90 Å². The molecule has 5 nitrogen and oxygen atoms in total. The number of methoxy groups -OCH3 is 1. The summed E-state index contributed by atoms with van der Waals surface area (Å²) in [5.41, 5.74) is 0.923. The molecule has 0 aliphatic carbocycles. The maximum atomic E-state index is 11.7. The van der Waals surface area contributed by atoms with Crippen LogP contribution >= 0.6 is 0 Å². The van der Waals surface area contributed by atoms with Gasteiger partial charge in [-0.3, -0.25) is 9.20 Å². The zero-order chi connectivity index (χ0) is 13.4. The number of aromatic nitrogens is 2. The van der Waals surface area contributed by atoms with E-state index in [1.807, 2.05) is 22.7 Å². The van der Waals surface area contributed by atoms with Gasteiger partial charge in [0, 0.05) is 25.5 Å². The van der Waals surface area contributed by atoms with Crippen LogP contribution in [0, 0.1) is 11.8 Å². The number of nitrogens with zero attached hydrogens (tertiary/aromatic N) is 3. The third-order valence-corrected chi connectivity index (χ3v) is 3.85. The van der Waals surface area contributed by atoms with Gasteiger partial charge < -0.3 is 9.64 Å². The van der Waals surface area contributed by atoms with Gasteiger partial charge in [0.2, 0.25) is 0 Å². The lowest BCUT2D eigenvalue weighted by molar-refractivity contribution is -0.145. The van der Waals surface area contributed by atoms with E-state index >= 15 is 0 Å². The molecule has 1 aliphatic heterocycles. The van der Waals surface area contributed by atoms with Crippen LogP contribution in [-0.2, 0) is 9.53 Å². The molecule has 2 aromatic heterocycles. The molecule has 2 unspecified atom stereocenters. The third kappa shape index (κ3) is 1.95. The highest BCUT2D eigenvalue weighted by Crippen LogP contribution is 2.29. The molecule has 0 spiro atoms. The number of pyridine rings is 1. The molecule has 0 aromatic carbocycles. The van der Waals surface area contributed by atoms with Gasteiger partial charge in [0.1, 0.15) is 11.5 Å². The first kappa shape index (κ1) is 12.0. The first-order chi connectivity index (χ1) is 9.20. The standard InChI is InChI=1S/C14H17N3O2/c1-10-8-16(9-11(10)14(18)19-2)13-5-3-4-12-15-6-7-17(12)13/h3-7,10-11H,8-9H2,1-2H3. The first-order valence-corrected chi connectivity index (χ1v) is 6.45. The molecule has 2 aromatic rings. The van der Waals surface area contributed by atoms with Crippen LogP contribution in [0.15, 0.2) is 30.6 Å². The van der Waals surface area contributed by atoms with Crippen molar-refractivity contribution in [3.8, 4) is 0 Å². The van der Waals surface area contributed by atoms with Crippen molar-refractivity contribution in [2.24, 2.45) is 11.8 Å². The van der Waals surface area contributed by atoms with Crippen LogP contribution in [0.4, 0.5) is 5.82 Å². The number of carbonyl (C=O) groups is 1. The van der Waals surface area contributed by atoms with Gasteiger partial charge in [0.25, 0.3) is 0 Å². The normalized spacial score (nSPS) is 22.9. The molecule has 2 atom stereocenters. The molecule has 0 saturated carbocycles. The number of rotatable bonds is 2. The van der Waals surface area contributed by atoms with E-state index in [1.54, 1.807) is 6.20 Å². The molecule has 0 bridgehead atoms. The fourth-order valence-corrected chi connectivity index (χ4v) is 2.80. The molecule has 0 N–H and O–H groups in total. The van der Waals surface area contributed by atoms with Crippen molar-refractivity contribution in [2.45, 2.75) is 6.92 Å². The van der Waals surface area contributed by atoms with Crippen LogP contribution in [0.25, 0.3) is 5.65 Å². The Hall–Kier alpha value is -2.04. The SMILES string of the molecule is COC(=O)C1CN(c2cccc3nccn23)CC1C. The highest BCUT2D eigenvalue weighted by atomic mass is 16.5. The first-order valence-electron chi connectivity index (χ1n) is 6.45. The van der Waals surface area contributed by atoms with Crippen LogP contribution in [0.5, 0.6) is 0 Å². The minimum absolute atomic E-state index is 0.0521. The average Bonchev–Trinajstić information content (AvgIpc) is 3.03. The van der Waals surface area contributed by atoms with Crippen LogP contribution in [-0.4, -0.2) is 35.6 Å². The monoisotopic (exact) mass is 259 g/mol. The lowest BCUT2D eigenvalue weighted by atomic mass is 9.99. The fourth-order valence-electron chi connectivity index (χ4n) is 2.80. The highest BCUT2D eigenvalue weighted by Gasteiger charge is 2.36. The zero-order valence-electron chi connectivity index (χ0n) is 11.1. The van der Waals surface area contributed by atoms with Gasteiger partial charge in [-0.05, 0) is 18.1 Å². The minimum atomic E-state index is -0.118. The van der Waals surface area contributed by atoms with E-state index < -0.39 is 0 Å². The summed E-state index contributed by atoms with van der Waals surface area (Å²) in [6.45, 7) is 3.65. The summed E-state index contributed by atoms with van der Waals surface area (Å²) in [6.07, 6.45) is 3.73. The van der Waals surface area contributed by atoms with Gasteiger partial charge in [-0.1, -0.05) is 13.0 Å². The van der Waals surface area contributed by atoms with Crippen LogP contribution in [0.2, 0.25) is 0 Å². The zero-order valence-corrected chi connectivity index (χ0v) is 11.1. The van der Waals surface area contributed by atoms with Crippen molar-refractivity contribution in [1.82, 2.24) is 9.38 Å². The molecule has 100 valence electrons. The number of ether oxygens (including phenoxy) is 1. The van der Waals surface area contributed by atoms with E-state index in [4.69, 9.17) is 4.74 Å². The number of hydrogen-bond donors (Lipinski definition) is 0. The summed E-state index contributed by atoms with van der Waals surface area (Å²) >= 11 is 0. The summed E-state index contributed by atoms with van der Waals surface area (Å²) in [7, 11) is 1.45. The Morgan fingerprint density at radius 1 is 1.42 bits per heavy atom. The van der Waals surface area contributed by atoms with Crippen molar-refractivity contribution in [3.05, 3.63) is 30.6 Å². The van der Waals surface area contributed by atoms with Crippen LogP contribution in [0.1, 0.15) is 6.92 Å². The Labute approximate surface area is 111 Å². The summed E-state index contributed by atoms with van der Waals surface area (Å²) < 4.78 is 6.92. The van der Waals surface area contributed by atoms with Crippen molar-refractivity contribution in [1.29, 1.82) is 0 Å². The third-order valence-electron chi connectivity index (χ3n) is 3.85. The smallest absolute Gasteiger partial charge is 0.310 e. The Morgan fingerprint density at radius 3 is 3.05 bits per heavy atom. The summed E-state index contributed by atoms with van der Waals surface area (Å²) in [5.74, 6) is 1.20. The van der Waals surface area contributed by atoms with E-state index in [-0.39, 0.29) is 11.9 Å². The molecule has 3 rings (SSSR count). The van der Waals surface area contributed by atoms with Crippen molar-refractivity contribution < 1.29 is 9.53 Å². The molecule has 0 amide bonds. The number of hydrogen-bond acceptors (Lipinski definition) is 4. The number of fused-ring (bicyclic) bond motifs is 1. The fraction of sp³-hybridized carbons (Fsp3) is 0.429. The van der Waals surface area contributed by atoms with Crippen molar-refractivity contribution >= 4 is 17.4 Å². The van der Waals surface area contributed by atoms with Crippen molar-refractivity contribution in [3.63, 3.8) is 0 Å². The second-order valence-corrected chi connectivity index (χ2v) is 5.05. The second-order valence-electron chi connectivity index (χ2n) is 5.05. The molecule has 5 heteroatoms. The Bertz CT molecular complexity index is 608. The number of carbonyl (C=O) groups excluding carboxylic acids is 1. The summed E-state index contributed by atoms with van der Waals surface area (Å²) in [4.78, 5) is 18.3. The Balaban J connectivity index is 1.92. The maximum Gasteiger partial charge on any atom is 0.310 e. The van der Waals surface area contributed by atoms with Gasteiger partial charge in [0.15, 0.2) is 0 Å². The quantitative estimate of drug-likeness (QED) is 0.768.